The number of benzene rings is 3. The van der Waals surface area contributed by atoms with Gasteiger partial charge in [-0.1, -0.05) is 42.0 Å². The standard InChI is InChI=1S/C28H34N2O3S/c1-18-9-12-25(13-10-18)34(32,33)30(27-14-19(2)8-11-20(27)3)17-28(31)29-24(7)26-16-22(5)21(4)15-23(26)6/h8-16,24H,17H2,1-7H3,(H,29,31). The molecule has 180 valence electrons. The van der Waals surface area contributed by atoms with Crippen molar-refractivity contribution in [3.8, 4) is 0 Å². The van der Waals surface area contributed by atoms with Gasteiger partial charge in [-0.15, -0.1) is 0 Å². The number of nitrogens with zero attached hydrogens (tertiary/aromatic N) is 1. The lowest BCUT2D eigenvalue weighted by molar-refractivity contribution is -0.120. The summed E-state index contributed by atoms with van der Waals surface area (Å²) in [5.74, 6) is -0.360. The Morgan fingerprint density at radius 3 is 2.03 bits per heavy atom. The van der Waals surface area contributed by atoms with E-state index < -0.39 is 10.0 Å². The lowest BCUT2D eigenvalue weighted by Gasteiger charge is -2.27. The van der Waals surface area contributed by atoms with Crippen LogP contribution in [0.2, 0.25) is 0 Å². The van der Waals surface area contributed by atoms with Gasteiger partial charge in [-0.05, 0) is 100 Å². The van der Waals surface area contributed by atoms with Crippen LogP contribution in [-0.2, 0) is 14.8 Å². The van der Waals surface area contributed by atoms with Crippen LogP contribution >= 0.6 is 0 Å². The highest BCUT2D eigenvalue weighted by atomic mass is 32.2. The van der Waals surface area contributed by atoms with E-state index in [1.807, 2.05) is 59.7 Å². The van der Waals surface area contributed by atoms with E-state index in [1.54, 1.807) is 24.3 Å². The molecule has 0 saturated heterocycles. The molecular formula is C28H34N2O3S. The molecular weight excluding hydrogens is 444 g/mol. The minimum atomic E-state index is -3.95. The monoisotopic (exact) mass is 478 g/mol. The van der Waals surface area contributed by atoms with Crippen LogP contribution < -0.4 is 9.62 Å². The number of hydrogen-bond donors (Lipinski definition) is 1. The molecule has 5 nitrogen and oxygen atoms in total. The largest absolute Gasteiger partial charge is 0.348 e. The number of nitrogens with one attached hydrogen (secondary N) is 1. The van der Waals surface area contributed by atoms with Crippen LogP contribution in [0.15, 0.2) is 59.5 Å². The van der Waals surface area contributed by atoms with Gasteiger partial charge in [0.25, 0.3) is 10.0 Å². The number of anilines is 1. The molecule has 34 heavy (non-hydrogen) atoms. The Bertz CT molecular complexity index is 1310. The van der Waals surface area contributed by atoms with Crippen LogP contribution in [0.5, 0.6) is 0 Å². The van der Waals surface area contributed by atoms with Gasteiger partial charge in [0, 0.05) is 0 Å². The van der Waals surface area contributed by atoms with Gasteiger partial charge in [-0.25, -0.2) is 8.42 Å². The number of hydrogen-bond acceptors (Lipinski definition) is 3. The van der Waals surface area contributed by atoms with Crippen molar-refractivity contribution >= 4 is 21.6 Å². The molecule has 0 heterocycles. The number of rotatable bonds is 7. The van der Waals surface area contributed by atoms with Crippen molar-refractivity contribution in [3.05, 3.63) is 93.5 Å². The first-order valence-corrected chi connectivity index (χ1v) is 12.9. The molecule has 3 aromatic carbocycles. The first-order chi connectivity index (χ1) is 15.9. The zero-order valence-electron chi connectivity index (χ0n) is 21.1. The van der Waals surface area contributed by atoms with Crippen molar-refractivity contribution < 1.29 is 13.2 Å². The number of carbonyl (C=O) groups excluding carboxylic acids is 1. The predicted octanol–water partition coefficient (Wildman–Crippen LogP) is 5.61. The van der Waals surface area contributed by atoms with Gasteiger partial charge in [-0.3, -0.25) is 9.10 Å². The Hall–Kier alpha value is -3.12. The van der Waals surface area contributed by atoms with Crippen molar-refractivity contribution in [1.29, 1.82) is 0 Å². The molecule has 0 fully saturated rings. The summed E-state index contributed by atoms with van der Waals surface area (Å²) in [5.41, 5.74) is 7.64. The van der Waals surface area contributed by atoms with E-state index in [0.29, 0.717) is 5.69 Å². The molecule has 0 spiro atoms. The van der Waals surface area contributed by atoms with E-state index in [2.05, 4.69) is 24.4 Å². The summed E-state index contributed by atoms with van der Waals surface area (Å²) in [7, 11) is -3.95. The van der Waals surface area contributed by atoms with E-state index >= 15 is 0 Å². The smallest absolute Gasteiger partial charge is 0.264 e. The van der Waals surface area contributed by atoms with Gasteiger partial charge >= 0.3 is 0 Å². The van der Waals surface area contributed by atoms with Crippen LogP contribution in [0.3, 0.4) is 0 Å². The van der Waals surface area contributed by atoms with Crippen molar-refractivity contribution in [2.45, 2.75) is 59.4 Å². The summed E-state index contributed by atoms with van der Waals surface area (Å²) in [6, 6.07) is 16.3. The molecule has 1 atom stereocenters. The van der Waals surface area contributed by atoms with E-state index in [9.17, 15) is 13.2 Å². The Morgan fingerprint density at radius 2 is 1.38 bits per heavy atom. The summed E-state index contributed by atoms with van der Waals surface area (Å²) in [6.45, 7) is 13.4. The van der Waals surface area contributed by atoms with Crippen molar-refractivity contribution in [1.82, 2.24) is 5.32 Å². The SMILES string of the molecule is Cc1ccc(S(=O)(=O)N(CC(=O)NC(C)c2cc(C)c(C)cc2C)c2cc(C)ccc2C)cc1. The second-order valence-electron chi connectivity index (χ2n) is 9.20. The molecule has 0 bridgehead atoms. The van der Waals surface area contributed by atoms with Gasteiger partial charge in [0.2, 0.25) is 5.91 Å². The van der Waals surface area contributed by atoms with Crippen LogP contribution in [0.25, 0.3) is 0 Å². The van der Waals surface area contributed by atoms with Gasteiger partial charge in [0.05, 0.1) is 16.6 Å². The normalized spacial score (nSPS) is 12.3. The number of carbonyl (C=O) groups is 1. The first kappa shape index (κ1) is 25.5. The maximum Gasteiger partial charge on any atom is 0.264 e. The number of aryl methyl sites for hydroxylation is 6. The molecule has 0 aliphatic heterocycles. The van der Waals surface area contributed by atoms with E-state index in [-0.39, 0.29) is 23.4 Å². The first-order valence-electron chi connectivity index (χ1n) is 11.4. The fourth-order valence-corrected chi connectivity index (χ4v) is 5.55. The molecule has 3 aromatic rings. The Labute approximate surface area is 203 Å². The molecule has 1 amide bonds. The minimum Gasteiger partial charge on any atom is -0.348 e. The molecule has 0 aliphatic rings. The topological polar surface area (TPSA) is 66.5 Å². The van der Waals surface area contributed by atoms with Gasteiger partial charge < -0.3 is 5.32 Å². The maximum absolute atomic E-state index is 13.7. The molecule has 1 unspecified atom stereocenters. The molecule has 3 rings (SSSR count). The Kier molecular flexibility index (Phi) is 7.51. The van der Waals surface area contributed by atoms with Crippen LogP contribution in [0.4, 0.5) is 5.69 Å². The van der Waals surface area contributed by atoms with E-state index in [4.69, 9.17) is 0 Å². The van der Waals surface area contributed by atoms with Crippen LogP contribution in [0.1, 0.15) is 51.9 Å². The highest BCUT2D eigenvalue weighted by Gasteiger charge is 2.29. The van der Waals surface area contributed by atoms with Crippen LogP contribution in [0, 0.1) is 41.5 Å². The second-order valence-corrected chi connectivity index (χ2v) is 11.1. The lowest BCUT2D eigenvalue weighted by atomic mass is 9.96. The number of sulfonamides is 1. The zero-order chi connectivity index (χ0) is 25.2. The van der Waals surface area contributed by atoms with Gasteiger partial charge in [0.1, 0.15) is 6.54 Å². The molecule has 0 saturated carbocycles. The average molecular weight is 479 g/mol. The molecule has 6 heteroatoms. The summed E-state index contributed by atoms with van der Waals surface area (Å²) >= 11 is 0. The molecule has 0 aliphatic carbocycles. The third-order valence-electron chi connectivity index (χ3n) is 6.26. The fourth-order valence-electron chi connectivity index (χ4n) is 4.07. The predicted molar refractivity (Wildman–Crippen MR) is 139 cm³/mol. The zero-order valence-corrected chi connectivity index (χ0v) is 21.9. The highest BCUT2D eigenvalue weighted by Crippen LogP contribution is 2.28. The van der Waals surface area contributed by atoms with Crippen LogP contribution in [-0.4, -0.2) is 20.9 Å². The quantitative estimate of drug-likeness (QED) is 0.480. The van der Waals surface area contributed by atoms with Gasteiger partial charge in [0.15, 0.2) is 0 Å². The Balaban J connectivity index is 1.96. The summed E-state index contributed by atoms with van der Waals surface area (Å²) < 4.78 is 28.6. The fraction of sp³-hybridized carbons (Fsp3) is 0.321. The van der Waals surface area contributed by atoms with Gasteiger partial charge in [-0.2, -0.15) is 0 Å². The average Bonchev–Trinajstić information content (AvgIpc) is 2.76. The minimum absolute atomic E-state index is 0.157. The molecule has 0 aromatic heterocycles. The highest BCUT2D eigenvalue weighted by molar-refractivity contribution is 7.92. The third-order valence-corrected chi connectivity index (χ3v) is 8.03. The van der Waals surface area contributed by atoms with E-state index in [1.165, 1.54) is 9.87 Å². The van der Waals surface area contributed by atoms with Crippen molar-refractivity contribution in [2.75, 3.05) is 10.8 Å². The third kappa shape index (κ3) is 5.50. The van der Waals surface area contributed by atoms with Crippen molar-refractivity contribution in [3.63, 3.8) is 0 Å². The lowest BCUT2D eigenvalue weighted by Crippen LogP contribution is -2.42. The molecule has 1 N–H and O–H groups in total. The number of amides is 1. The van der Waals surface area contributed by atoms with E-state index in [0.717, 1.165) is 33.4 Å². The summed E-state index contributed by atoms with van der Waals surface area (Å²) in [5, 5.41) is 3.01. The summed E-state index contributed by atoms with van der Waals surface area (Å²) in [6.07, 6.45) is 0. The molecule has 0 radical (unpaired) electrons. The summed E-state index contributed by atoms with van der Waals surface area (Å²) in [4.78, 5) is 13.3. The Morgan fingerprint density at radius 1 is 0.794 bits per heavy atom. The maximum atomic E-state index is 13.7. The second kappa shape index (κ2) is 10.0. The van der Waals surface area contributed by atoms with Crippen molar-refractivity contribution in [2.24, 2.45) is 0 Å².